The molecule has 0 bridgehead atoms. The van der Waals surface area contributed by atoms with Gasteiger partial charge in [0.1, 0.15) is 5.82 Å². The van der Waals surface area contributed by atoms with Crippen molar-refractivity contribution < 1.29 is 22.6 Å². The standard InChI is InChI=1S/C15H19F3O2/c1-3-4-5-10-7-19-15(20-8-10)12-11(16)6-9(2)13(17)14(12)18/h6,10,15H,3-5,7-8H2,1-2H3. The Labute approximate surface area is 116 Å². The van der Waals surface area contributed by atoms with E-state index in [4.69, 9.17) is 9.47 Å². The fraction of sp³-hybridized carbons (Fsp3) is 0.600. The van der Waals surface area contributed by atoms with E-state index in [2.05, 4.69) is 6.92 Å². The maximum absolute atomic E-state index is 13.8. The Morgan fingerprint density at radius 1 is 1.15 bits per heavy atom. The largest absolute Gasteiger partial charge is 0.348 e. The summed E-state index contributed by atoms with van der Waals surface area (Å²) in [6, 6.07) is 0.962. The number of ether oxygens (including phenoxy) is 2. The number of rotatable bonds is 4. The highest BCUT2D eigenvalue weighted by Gasteiger charge is 2.30. The molecule has 0 saturated carbocycles. The number of hydrogen-bond donors (Lipinski definition) is 0. The normalized spacial score (nSPS) is 23.1. The van der Waals surface area contributed by atoms with Gasteiger partial charge in [-0.25, -0.2) is 13.2 Å². The van der Waals surface area contributed by atoms with Crippen LogP contribution in [0.25, 0.3) is 0 Å². The van der Waals surface area contributed by atoms with Gasteiger partial charge in [-0.3, -0.25) is 0 Å². The second-order valence-corrected chi connectivity index (χ2v) is 5.22. The first kappa shape index (κ1) is 15.3. The fourth-order valence-electron chi connectivity index (χ4n) is 2.31. The minimum atomic E-state index is -1.22. The van der Waals surface area contributed by atoms with Gasteiger partial charge in [-0.2, -0.15) is 0 Å². The van der Waals surface area contributed by atoms with Crippen molar-refractivity contribution in [2.45, 2.75) is 39.4 Å². The quantitative estimate of drug-likeness (QED) is 0.771. The van der Waals surface area contributed by atoms with Gasteiger partial charge in [0, 0.05) is 5.92 Å². The van der Waals surface area contributed by atoms with Gasteiger partial charge in [0.25, 0.3) is 0 Å². The topological polar surface area (TPSA) is 18.5 Å². The first-order valence-corrected chi connectivity index (χ1v) is 6.91. The van der Waals surface area contributed by atoms with Crippen LogP contribution in [-0.4, -0.2) is 13.2 Å². The van der Waals surface area contributed by atoms with Crippen molar-refractivity contribution in [3.8, 4) is 0 Å². The Bertz CT molecular complexity index is 469. The molecule has 1 saturated heterocycles. The molecular formula is C15H19F3O2. The second kappa shape index (κ2) is 6.59. The lowest BCUT2D eigenvalue weighted by Crippen LogP contribution is -2.28. The molecular weight excluding hydrogens is 269 g/mol. The summed E-state index contributed by atoms with van der Waals surface area (Å²) in [4.78, 5) is 0. The molecule has 0 radical (unpaired) electrons. The molecule has 1 heterocycles. The fourth-order valence-corrected chi connectivity index (χ4v) is 2.31. The van der Waals surface area contributed by atoms with Crippen LogP contribution in [0.5, 0.6) is 0 Å². The highest BCUT2D eigenvalue weighted by molar-refractivity contribution is 5.28. The smallest absolute Gasteiger partial charge is 0.189 e. The second-order valence-electron chi connectivity index (χ2n) is 5.22. The van der Waals surface area contributed by atoms with Crippen molar-refractivity contribution in [3.05, 3.63) is 34.6 Å². The Kier molecular flexibility index (Phi) is 5.05. The average molecular weight is 288 g/mol. The van der Waals surface area contributed by atoms with Gasteiger partial charge in [-0.05, 0) is 25.0 Å². The van der Waals surface area contributed by atoms with Gasteiger partial charge in [0.2, 0.25) is 0 Å². The lowest BCUT2D eigenvalue weighted by atomic mass is 10.0. The Morgan fingerprint density at radius 3 is 2.40 bits per heavy atom. The molecule has 20 heavy (non-hydrogen) atoms. The molecule has 2 rings (SSSR count). The summed E-state index contributed by atoms with van der Waals surface area (Å²) in [6.07, 6.45) is 1.93. The number of hydrogen-bond acceptors (Lipinski definition) is 2. The van der Waals surface area contributed by atoms with Crippen LogP contribution >= 0.6 is 0 Å². The first-order chi connectivity index (χ1) is 9.54. The third-order valence-electron chi connectivity index (χ3n) is 3.54. The molecule has 0 atom stereocenters. The van der Waals surface area contributed by atoms with Crippen LogP contribution in [-0.2, 0) is 9.47 Å². The Balaban J connectivity index is 2.09. The minimum absolute atomic E-state index is 0.0691. The van der Waals surface area contributed by atoms with E-state index in [-0.39, 0.29) is 11.5 Å². The average Bonchev–Trinajstić information content (AvgIpc) is 2.44. The van der Waals surface area contributed by atoms with E-state index < -0.39 is 29.3 Å². The predicted octanol–water partition coefficient (Wildman–Crippen LogP) is 4.26. The number of benzene rings is 1. The maximum atomic E-state index is 13.8. The van der Waals surface area contributed by atoms with Crippen LogP contribution in [0.1, 0.15) is 43.6 Å². The Morgan fingerprint density at radius 2 is 1.80 bits per heavy atom. The van der Waals surface area contributed by atoms with Gasteiger partial charge in [0.05, 0.1) is 18.8 Å². The van der Waals surface area contributed by atoms with Crippen molar-refractivity contribution in [1.82, 2.24) is 0 Å². The van der Waals surface area contributed by atoms with Crippen molar-refractivity contribution in [2.75, 3.05) is 13.2 Å². The maximum Gasteiger partial charge on any atom is 0.189 e. The van der Waals surface area contributed by atoms with Gasteiger partial charge < -0.3 is 9.47 Å². The molecule has 1 aliphatic heterocycles. The Hall–Kier alpha value is -1.07. The van der Waals surface area contributed by atoms with Crippen LogP contribution in [0.2, 0.25) is 0 Å². The van der Waals surface area contributed by atoms with Crippen LogP contribution in [0.3, 0.4) is 0 Å². The first-order valence-electron chi connectivity index (χ1n) is 6.91. The molecule has 0 N–H and O–H groups in total. The SMILES string of the molecule is CCCCC1COC(c2c(F)cc(C)c(F)c2F)OC1. The summed E-state index contributed by atoms with van der Waals surface area (Å²) in [5, 5.41) is 0. The van der Waals surface area contributed by atoms with Crippen molar-refractivity contribution >= 4 is 0 Å². The van der Waals surface area contributed by atoms with E-state index in [1.165, 1.54) is 6.92 Å². The van der Waals surface area contributed by atoms with Gasteiger partial charge in [-0.15, -0.1) is 0 Å². The van der Waals surface area contributed by atoms with Crippen LogP contribution in [0.4, 0.5) is 13.2 Å². The third-order valence-corrected chi connectivity index (χ3v) is 3.54. The molecule has 0 spiro atoms. The van der Waals surface area contributed by atoms with Gasteiger partial charge in [0.15, 0.2) is 17.9 Å². The highest BCUT2D eigenvalue weighted by Crippen LogP contribution is 2.32. The number of halogens is 3. The molecule has 0 amide bonds. The third kappa shape index (κ3) is 3.15. The lowest BCUT2D eigenvalue weighted by molar-refractivity contribution is -0.208. The molecule has 1 aliphatic rings. The van der Waals surface area contributed by atoms with E-state index >= 15 is 0 Å². The van der Waals surface area contributed by atoms with Gasteiger partial charge in [-0.1, -0.05) is 19.8 Å². The van der Waals surface area contributed by atoms with Gasteiger partial charge >= 0.3 is 0 Å². The minimum Gasteiger partial charge on any atom is -0.348 e. The van der Waals surface area contributed by atoms with Crippen LogP contribution in [0, 0.1) is 30.3 Å². The van der Waals surface area contributed by atoms with E-state index in [1.54, 1.807) is 0 Å². The predicted molar refractivity (Wildman–Crippen MR) is 68.7 cm³/mol. The zero-order valence-electron chi connectivity index (χ0n) is 11.7. The molecule has 5 heteroatoms. The molecule has 1 aromatic rings. The highest BCUT2D eigenvalue weighted by atomic mass is 19.2. The van der Waals surface area contributed by atoms with Crippen molar-refractivity contribution in [3.63, 3.8) is 0 Å². The zero-order chi connectivity index (χ0) is 14.7. The summed E-state index contributed by atoms with van der Waals surface area (Å²) in [5.41, 5.74) is -0.539. The van der Waals surface area contributed by atoms with Crippen LogP contribution in [0.15, 0.2) is 6.07 Å². The van der Waals surface area contributed by atoms with E-state index in [1.807, 2.05) is 0 Å². The van der Waals surface area contributed by atoms with Crippen molar-refractivity contribution in [2.24, 2.45) is 5.92 Å². The summed E-state index contributed by atoms with van der Waals surface area (Å²) in [5.74, 6) is -2.88. The molecule has 0 unspecified atom stereocenters. The zero-order valence-corrected chi connectivity index (χ0v) is 11.7. The van der Waals surface area contributed by atoms with Crippen LogP contribution < -0.4 is 0 Å². The lowest BCUT2D eigenvalue weighted by Gasteiger charge is -2.30. The van der Waals surface area contributed by atoms with Crippen molar-refractivity contribution in [1.29, 1.82) is 0 Å². The monoisotopic (exact) mass is 288 g/mol. The summed E-state index contributed by atoms with van der Waals surface area (Å²) >= 11 is 0. The molecule has 1 fully saturated rings. The number of aryl methyl sites for hydroxylation is 1. The molecule has 0 aromatic heterocycles. The number of unbranched alkanes of at least 4 members (excludes halogenated alkanes) is 1. The molecule has 1 aromatic carbocycles. The summed E-state index contributed by atoms with van der Waals surface area (Å²) < 4.78 is 51.9. The molecule has 0 aliphatic carbocycles. The summed E-state index contributed by atoms with van der Waals surface area (Å²) in [6.45, 7) is 4.15. The van der Waals surface area contributed by atoms with E-state index in [0.29, 0.717) is 13.2 Å². The van der Waals surface area contributed by atoms with E-state index in [0.717, 1.165) is 25.3 Å². The molecule has 112 valence electrons. The summed E-state index contributed by atoms with van der Waals surface area (Å²) in [7, 11) is 0. The van der Waals surface area contributed by atoms with E-state index in [9.17, 15) is 13.2 Å². The molecule has 2 nitrogen and oxygen atoms in total.